The number of aromatic nitrogens is 2. The number of fused-ring (bicyclic) bond motifs is 1. The van der Waals surface area contributed by atoms with Crippen LogP contribution in [0.4, 0.5) is 0 Å². The number of aromatic amines is 1. The molecule has 2 aromatic rings. The van der Waals surface area contributed by atoms with Crippen molar-refractivity contribution in [2.24, 2.45) is 0 Å². The van der Waals surface area contributed by atoms with Gasteiger partial charge in [-0.25, -0.2) is 0 Å². The highest BCUT2D eigenvalue weighted by Crippen LogP contribution is 2.20. The van der Waals surface area contributed by atoms with Gasteiger partial charge in [-0.05, 0) is 12.3 Å². The maximum atomic E-state index is 11.9. The van der Waals surface area contributed by atoms with Crippen molar-refractivity contribution in [3.8, 4) is 0 Å². The number of hydrogen-bond acceptors (Lipinski definition) is 3. The summed E-state index contributed by atoms with van der Waals surface area (Å²) >= 11 is 0. The molecule has 0 atom stereocenters. The van der Waals surface area contributed by atoms with Gasteiger partial charge in [0.25, 0.3) is 0 Å². The molecule has 0 aliphatic heterocycles. The number of nitrogens with zero attached hydrogens (tertiary/aromatic N) is 1. The molecule has 4 nitrogen and oxygen atoms in total. The average Bonchev–Trinajstić information content (AvgIpc) is 2.62. The van der Waals surface area contributed by atoms with Gasteiger partial charge in [0.15, 0.2) is 5.43 Å². The first kappa shape index (κ1) is 10.9. The maximum Gasteiger partial charge on any atom is 0.240 e. The zero-order valence-corrected chi connectivity index (χ0v) is 9.83. The molecule has 4 heteroatoms. The van der Waals surface area contributed by atoms with Crippen LogP contribution in [0.25, 0.3) is 11.1 Å². The van der Waals surface area contributed by atoms with Gasteiger partial charge in [0.1, 0.15) is 5.39 Å². The monoisotopic (exact) mass is 220 g/mol. The summed E-state index contributed by atoms with van der Waals surface area (Å²) in [5.74, 6) is 0.194. The number of pyridine rings is 1. The fourth-order valence-electron chi connectivity index (χ4n) is 1.84. The minimum Gasteiger partial charge on any atom is -0.337 e. The fraction of sp³-hybridized carbons (Fsp3) is 0.500. The summed E-state index contributed by atoms with van der Waals surface area (Å²) in [5.41, 5.74) is 2.15. The zero-order valence-electron chi connectivity index (χ0n) is 9.83. The molecule has 0 saturated carbocycles. The van der Waals surface area contributed by atoms with E-state index in [1.54, 1.807) is 6.07 Å². The molecule has 86 valence electrons. The lowest BCUT2D eigenvalue weighted by atomic mass is 10.1. The molecule has 0 spiro atoms. The quantitative estimate of drug-likeness (QED) is 0.864. The van der Waals surface area contributed by atoms with Crippen molar-refractivity contribution in [3.05, 3.63) is 27.7 Å². The van der Waals surface area contributed by atoms with E-state index in [0.717, 1.165) is 24.2 Å². The molecule has 0 aliphatic carbocycles. The first-order valence-corrected chi connectivity index (χ1v) is 5.65. The van der Waals surface area contributed by atoms with Crippen molar-refractivity contribution in [3.63, 3.8) is 0 Å². The first-order chi connectivity index (χ1) is 7.63. The molecule has 1 N–H and O–H groups in total. The Morgan fingerprint density at radius 3 is 2.88 bits per heavy atom. The molecule has 0 saturated heterocycles. The second-order valence-electron chi connectivity index (χ2n) is 4.34. The lowest BCUT2D eigenvalue weighted by Crippen LogP contribution is -2.06. The Morgan fingerprint density at radius 2 is 2.25 bits per heavy atom. The van der Waals surface area contributed by atoms with Gasteiger partial charge in [-0.3, -0.25) is 4.79 Å². The van der Waals surface area contributed by atoms with E-state index in [-0.39, 0.29) is 11.3 Å². The molecule has 2 rings (SSSR count). The van der Waals surface area contributed by atoms with E-state index in [9.17, 15) is 4.79 Å². The summed E-state index contributed by atoms with van der Waals surface area (Å²) in [6.07, 6.45) is 1.84. The number of rotatable bonds is 3. The number of hydrogen-bond donors (Lipinski definition) is 1. The third-order valence-electron chi connectivity index (χ3n) is 2.61. The highest BCUT2D eigenvalue weighted by atomic mass is 16.5. The molecule has 0 aromatic carbocycles. The predicted molar refractivity (Wildman–Crippen MR) is 62.7 cm³/mol. The van der Waals surface area contributed by atoms with E-state index in [1.165, 1.54) is 0 Å². The van der Waals surface area contributed by atoms with E-state index in [2.05, 4.69) is 17.1 Å². The lowest BCUT2D eigenvalue weighted by Gasteiger charge is -2.00. The third kappa shape index (κ3) is 1.75. The van der Waals surface area contributed by atoms with E-state index >= 15 is 0 Å². The molecule has 0 aliphatic rings. The molecule has 0 unspecified atom stereocenters. The van der Waals surface area contributed by atoms with Crippen LogP contribution in [0.15, 0.2) is 15.4 Å². The van der Waals surface area contributed by atoms with Crippen LogP contribution in [0.1, 0.15) is 44.5 Å². The molecule has 0 fully saturated rings. The topological polar surface area (TPSA) is 58.9 Å². The number of nitrogens with one attached hydrogen (secondary N) is 1. The predicted octanol–water partition coefficient (Wildman–Crippen LogP) is 2.59. The van der Waals surface area contributed by atoms with E-state index in [1.807, 2.05) is 13.8 Å². The molecule has 0 bridgehead atoms. The van der Waals surface area contributed by atoms with E-state index in [0.29, 0.717) is 11.1 Å². The summed E-state index contributed by atoms with van der Waals surface area (Å²) in [5, 5.41) is 4.54. The van der Waals surface area contributed by atoms with Crippen molar-refractivity contribution in [2.45, 2.75) is 39.5 Å². The fourth-order valence-corrected chi connectivity index (χ4v) is 1.84. The molecule has 0 amide bonds. The summed E-state index contributed by atoms with van der Waals surface area (Å²) < 4.78 is 5.17. The van der Waals surface area contributed by atoms with Crippen molar-refractivity contribution < 1.29 is 4.52 Å². The van der Waals surface area contributed by atoms with E-state index < -0.39 is 0 Å². The van der Waals surface area contributed by atoms with Crippen LogP contribution in [0.2, 0.25) is 0 Å². The molecule has 16 heavy (non-hydrogen) atoms. The Hall–Kier alpha value is -1.58. The lowest BCUT2D eigenvalue weighted by molar-refractivity contribution is 0.434. The van der Waals surface area contributed by atoms with Crippen molar-refractivity contribution >= 4 is 11.1 Å². The van der Waals surface area contributed by atoms with Crippen LogP contribution < -0.4 is 5.43 Å². The van der Waals surface area contributed by atoms with Crippen molar-refractivity contribution in [1.29, 1.82) is 0 Å². The summed E-state index contributed by atoms with van der Waals surface area (Å²) in [6, 6.07) is 1.65. The van der Waals surface area contributed by atoms with Gasteiger partial charge in [-0.15, -0.1) is 0 Å². The summed E-state index contributed by atoms with van der Waals surface area (Å²) in [4.78, 5) is 15.1. The SMILES string of the molecule is CCCc1cc(=O)c2c(C(C)C)noc2[nH]1. The Labute approximate surface area is 93.6 Å². The Morgan fingerprint density at radius 1 is 1.50 bits per heavy atom. The highest BCUT2D eigenvalue weighted by Gasteiger charge is 2.15. The van der Waals surface area contributed by atoms with Crippen LogP contribution in [0.3, 0.4) is 0 Å². The maximum absolute atomic E-state index is 11.9. The highest BCUT2D eigenvalue weighted by molar-refractivity contribution is 5.76. The molecule has 2 aromatic heterocycles. The second-order valence-corrected chi connectivity index (χ2v) is 4.34. The number of H-pyrrole nitrogens is 1. The van der Waals surface area contributed by atoms with Gasteiger partial charge in [0, 0.05) is 11.8 Å². The molecular formula is C12H16N2O2. The second kappa shape index (κ2) is 4.12. The van der Waals surface area contributed by atoms with Crippen molar-refractivity contribution in [1.82, 2.24) is 10.1 Å². The molecular weight excluding hydrogens is 204 g/mol. The van der Waals surface area contributed by atoms with Gasteiger partial charge in [0.2, 0.25) is 5.71 Å². The van der Waals surface area contributed by atoms with Crippen LogP contribution in [0, 0.1) is 0 Å². The summed E-state index contributed by atoms with van der Waals surface area (Å²) in [7, 11) is 0. The Balaban J connectivity index is 2.64. The van der Waals surface area contributed by atoms with Gasteiger partial charge < -0.3 is 9.51 Å². The minimum atomic E-state index is 0.00199. The first-order valence-electron chi connectivity index (χ1n) is 5.65. The van der Waals surface area contributed by atoms with Crippen molar-refractivity contribution in [2.75, 3.05) is 0 Å². The van der Waals surface area contributed by atoms with Gasteiger partial charge >= 0.3 is 0 Å². The van der Waals surface area contributed by atoms with Gasteiger partial charge in [-0.2, -0.15) is 0 Å². The molecule has 0 radical (unpaired) electrons. The normalized spacial score (nSPS) is 11.5. The Bertz CT molecular complexity index is 552. The standard InChI is InChI=1S/C12H16N2O2/c1-4-5-8-6-9(15)10-11(7(2)3)14-16-12(10)13-8/h6-7H,4-5H2,1-3H3,(H,13,15). The van der Waals surface area contributed by atoms with Crippen LogP contribution >= 0.6 is 0 Å². The van der Waals surface area contributed by atoms with Gasteiger partial charge in [-0.1, -0.05) is 32.3 Å². The zero-order chi connectivity index (χ0) is 11.7. The smallest absolute Gasteiger partial charge is 0.240 e. The average molecular weight is 220 g/mol. The largest absolute Gasteiger partial charge is 0.337 e. The molecule has 2 heterocycles. The van der Waals surface area contributed by atoms with Crippen LogP contribution in [-0.2, 0) is 6.42 Å². The van der Waals surface area contributed by atoms with E-state index in [4.69, 9.17) is 4.52 Å². The Kier molecular flexibility index (Phi) is 2.81. The van der Waals surface area contributed by atoms with Crippen LogP contribution in [0.5, 0.6) is 0 Å². The minimum absolute atomic E-state index is 0.00199. The summed E-state index contributed by atoms with van der Waals surface area (Å²) in [6.45, 7) is 6.07. The third-order valence-corrected chi connectivity index (χ3v) is 2.61. The van der Waals surface area contributed by atoms with Crippen LogP contribution in [-0.4, -0.2) is 10.1 Å². The van der Waals surface area contributed by atoms with Gasteiger partial charge in [0.05, 0.1) is 5.69 Å². The number of aryl methyl sites for hydroxylation is 1.